The Morgan fingerprint density at radius 1 is 1.11 bits per heavy atom. The summed E-state index contributed by atoms with van der Waals surface area (Å²) in [5.41, 5.74) is 3.78. The van der Waals surface area contributed by atoms with Gasteiger partial charge >= 0.3 is 0 Å². The molecule has 37 heavy (non-hydrogen) atoms. The Kier molecular flexibility index (Phi) is 7.18. The van der Waals surface area contributed by atoms with Crippen molar-refractivity contribution in [2.75, 3.05) is 18.5 Å². The Balaban J connectivity index is 1.55. The highest BCUT2D eigenvalue weighted by Crippen LogP contribution is 2.47. The first kappa shape index (κ1) is 26.3. The fourth-order valence-corrected chi connectivity index (χ4v) is 5.86. The van der Waals surface area contributed by atoms with Crippen LogP contribution in [0, 0.1) is 5.41 Å². The van der Waals surface area contributed by atoms with Crippen LogP contribution in [0.5, 0.6) is 0 Å². The summed E-state index contributed by atoms with van der Waals surface area (Å²) < 4.78 is 5.33. The molecule has 2 atom stereocenters. The van der Waals surface area contributed by atoms with E-state index < -0.39 is 11.7 Å². The zero-order chi connectivity index (χ0) is 26.4. The molecular formula is C29H37ClN4O3. The second-order valence-corrected chi connectivity index (χ2v) is 12.1. The largest absolute Gasteiger partial charge is 0.389 e. The van der Waals surface area contributed by atoms with E-state index in [-0.39, 0.29) is 17.4 Å². The zero-order valence-corrected chi connectivity index (χ0v) is 22.8. The number of hydrogen-bond donors (Lipinski definition) is 3. The summed E-state index contributed by atoms with van der Waals surface area (Å²) in [4.78, 5) is 13.8. The van der Waals surface area contributed by atoms with Crippen molar-refractivity contribution in [2.45, 2.75) is 83.5 Å². The Morgan fingerprint density at radius 3 is 2.57 bits per heavy atom. The minimum atomic E-state index is -0.874. The molecule has 3 aromatic rings. The highest BCUT2D eigenvalue weighted by Gasteiger charge is 2.40. The van der Waals surface area contributed by atoms with E-state index in [1.165, 1.54) is 0 Å². The van der Waals surface area contributed by atoms with Gasteiger partial charge in [-0.1, -0.05) is 45.4 Å². The smallest absolute Gasteiger partial charge is 0.223 e. The van der Waals surface area contributed by atoms with Gasteiger partial charge in [0.2, 0.25) is 5.95 Å². The molecule has 2 fully saturated rings. The normalized spacial score (nSPS) is 23.4. The SMILES string of the molecule is CC(C)c1c(C2(O)CCC(C)(C)CC2)cnc2ccc(-c3nc(N[C@@H]4CCOC[C@H]4O)ncc3Cl)cc12. The lowest BCUT2D eigenvalue weighted by atomic mass is 9.67. The number of ether oxygens (including phenoxy) is 1. The van der Waals surface area contributed by atoms with Gasteiger partial charge in [-0.2, -0.15) is 0 Å². The van der Waals surface area contributed by atoms with E-state index in [9.17, 15) is 10.2 Å². The summed E-state index contributed by atoms with van der Waals surface area (Å²) in [6.07, 6.45) is 6.95. The number of halogens is 1. The number of nitrogens with one attached hydrogen (secondary N) is 1. The van der Waals surface area contributed by atoms with E-state index in [0.717, 1.165) is 53.3 Å². The minimum Gasteiger partial charge on any atom is -0.389 e. The Bertz CT molecular complexity index is 1290. The van der Waals surface area contributed by atoms with Crippen LogP contribution in [-0.4, -0.2) is 50.5 Å². The fraction of sp³-hybridized carbons (Fsp3) is 0.552. The van der Waals surface area contributed by atoms with E-state index in [2.05, 4.69) is 44.1 Å². The molecule has 7 nitrogen and oxygen atoms in total. The molecule has 1 aromatic carbocycles. The molecule has 3 heterocycles. The van der Waals surface area contributed by atoms with Crippen LogP contribution in [0.25, 0.3) is 22.2 Å². The third kappa shape index (κ3) is 5.32. The molecule has 1 saturated carbocycles. The van der Waals surface area contributed by atoms with Crippen molar-refractivity contribution in [1.82, 2.24) is 15.0 Å². The van der Waals surface area contributed by atoms with Crippen LogP contribution in [-0.2, 0) is 10.3 Å². The predicted molar refractivity (Wildman–Crippen MR) is 147 cm³/mol. The van der Waals surface area contributed by atoms with Crippen LogP contribution in [0.2, 0.25) is 5.02 Å². The maximum atomic E-state index is 11.8. The summed E-state index contributed by atoms with van der Waals surface area (Å²) in [7, 11) is 0. The molecule has 0 radical (unpaired) electrons. The lowest BCUT2D eigenvalue weighted by Gasteiger charge is -2.41. The van der Waals surface area contributed by atoms with Crippen molar-refractivity contribution in [3.8, 4) is 11.3 Å². The predicted octanol–water partition coefficient (Wildman–Crippen LogP) is 5.82. The molecule has 1 aliphatic carbocycles. The highest BCUT2D eigenvalue weighted by molar-refractivity contribution is 6.33. The van der Waals surface area contributed by atoms with Gasteiger partial charge in [0.1, 0.15) is 0 Å². The first-order valence-corrected chi connectivity index (χ1v) is 13.6. The summed E-state index contributed by atoms with van der Waals surface area (Å²) >= 11 is 6.58. The lowest BCUT2D eigenvalue weighted by Crippen LogP contribution is -2.42. The third-order valence-electron chi connectivity index (χ3n) is 8.08. The monoisotopic (exact) mass is 524 g/mol. The van der Waals surface area contributed by atoms with Gasteiger partial charge in [0, 0.05) is 29.3 Å². The van der Waals surface area contributed by atoms with Crippen LogP contribution >= 0.6 is 11.6 Å². The number of hydrogen-bond acceptors (Lipinski definition) is 7. The van der Waals surface area contributed by atoms with E-state index in [1.807, 2.05) is 18.3 Å². The molecule has 2 aromatic heterocycles. The van der Waals surface area contributed by atoms with Crippen molar-refractivity contribution in [3.63, 3.8) is 0 Å². The van der Waals surface area contributed by atoms with E-state index in [4.69, 9.17) is 26.3 Å². The number of nitrogens with zero attached hydrogens (tertiary/aromatic N) is 3. The topological polar surface area (TPSA) is 100 Å². The van der Waals surface area contributed by atoms with Crippen molar-refractivity contribution in [2.24, 2.45) is 5.41 Å². The molecular weight excluding hydrogens is 488 g/mol. The number of pyridine rings is 1. The Hall–Kier alpha value is -2.32. The number of anilines is 1. The van der Waals surface area contributed by atoms with Gasteiger partial charge in [0.25, 0.3) is 0 Å². The van der Waals surface area contributed by atoms with Crippen LogP contribution < -0.4 is 5.32 Å². The van der Waals surface area contributed by atoms with Crippen LogP contribution in [0.3, 0.4) is 0 Å². The molecule has 198 valence electrons. The Morgan fingerprint density at radius 2 is 1.86 bits per heavy atom. The van der Waals surface area contributed by atoms with Crippen molar-refractivity contribution in [3.05, 3.63) is 46.7 Å². The number of rotatable bonds is 5. The third-order valence-corrected chi connectivity index (χ3v) is 8.35. The van der Waals surface area contributed by atoms with E-state index >= 15 is 0 Å². The average molecular weight is 525 g/mol. The number of aliphatic hydroxyl groups excluding tert-OH is 1. The first-order chi connectivity index (χ1) is 17.6. The molecule has 3 N–H and O–H groups in total. The van der Waals surface area contributed by atoms with Crippen molar-refractivity contribution < 1.29 is 14.9 Å². The summed E-state index contributed by atoms with van der Waals surface area (Å²) in [6.45, 7) is 9.76. The summed E-state index contributed by atoms with van der Waals surface area (Å²) in [6, 6.07) is 5.86. The van der Waals surface area contributed by atoms with E-state index in [1.54, 1.807) is 6.20 Å². The van der Waals surface area contributed by atoms with Gasteiger partial charge in [-0.25, -0.2) is 9.97 Å². The van der Waals surface area contributed by atoms with Gasteiger partial charge in [0.05, 0.1) is 46.8 Å². The number of fused-ring (bicyclic) bond motifs is 1. The average Bonchev–Trinajstić information content (AvgIpc) is 2.87. The van der Waals surface area contributed by atoms with Gasteiger partial charge in [-0.3, -0.25) is 4.98 Å². The molecule has 1 saturated heterocycles. The maximum absolute atomic E-state index is 11.8. The first-order valence-electron chi connectivity index (χ1n) is 13.3. The van der Waals surface area contributed by atoms with Crippen LogP contribution in [0.4, 0.5) is 5.95 Å². The molecule has 2 aliphatic rings. The number of aliphatic hydroxyl groups is 2. The van der Waals surface area contributed by atoms with Crippen LogP contribution in [0.1, 0.15) is 76.8 Å². The fourth-order valence-electron chi connectivity index (χ4n) is 5.66. The number of aromatic nitrogens is 3. The molecule has 0 amide bonds. The van der Waals surface area contributed by atoms with Gasteiger partial charge in [0.15, 0.2) is 0 Å². The quantitative estimate of drug-likeness (QED) is 0.386. The van der Waals surface area contributed by atoms with Gasteiger partial charge in [-0.15, -0.1) is 0 Å². The molecule has 8 heteroatoms. The lowest BCUT2D eigenvalue weighted by molar-refractivity contribution is -0.0314. The molecule has 0 bridgehead atoms. The molecule has 0 spiro atoms. The van der Waals surface area contributed by atoms with Crippen LogP contribution in [0.15, 0.2) is 30.6 Å². The minimum absolute atomic E-state index is 0.181. The molecule has 0 unspecified atom stereocenters. The number of benzene rings is 1. The Labute approximate surface area is 223 Å². The molecule has 5 rings (SSSR count). The maximum Gasteiger partial charge on any atom is 0.223 e. The zero-order valence-electron chi connectivity index (χ0n) is 22.1. The standard InChI is InChI=1S/C29H37ClN4O3/c1-17(2)25-19-13-18(26-21(30)15-32-27(34-26)33-23-7-12-37-16-24(23)35)5-6-22(19)31-14-20(25)29(36)10-8-28(3,4)9-11-29/h5-6,13-15,17,23-24,35-36H,7-12,16H2,1-4H3,(H,32,33,34)/t23-,24-/m1/s1. The van der Waals surface area contributed by atoms with E-state index in [0.29, 0.717) is 36.3 Å². The van der Waals surface area contributed by atoms with Crippen molar-refractivity contribution in [1.29, 1.82) is 0 Å². The highest BCUT2D eigenvalue weighted by atomic mass is 35.5. The summed E-state index contributed by atoms with van der Waals surface area (Å²) in [5, 5.41) is 26.7. The van der Waals surface area contributed by atoms with Crippen molar-refractivity contribution >= 4 is 28.5 Å². The second kappa shape index (κ2) is 10.1. The summed E-state index contributed by atoms with van der Waals surface area (Å²) in [5.74, 6) is 0.614. The van der Waals surface area contributed by atoms with Gasteiger partial charge in [-0.05, 0) is 61.1 Å². The second-order valence-electron chi connectivity index (χ2n) is 11.7. The molecule has 1 aliphatic heterocycles. The van der Waals surface area contributed by atoms with Gasteiger partial charge < -0.3 is 20.3 Å².